The zero-order chi connectivity index (χ0) is 14.1. The number of hydrogen-bond donors (Lipinski definition) is 1. The van der Waals surface area contributed by atoms with Crippen LogP contribution in [0.25, 0.3) is 11.0 Å². The topological polar surface area (TPSA) is 56.2 Å². The third-order valence-corrected chi connectivity index (χ3v) is 3.58. The first-order valence-corrected chi connectivity index (χ1v) is 6.51. The van der Waals surface area contributed by atoms with Gasteiger partial charge in [0, 0.05) is 11.8 Å². The van der Waals surface area contributed by atoms with Crippen LogP contribution >= 0.6 is 0 Å². The Hall–Kier alpha value is -2.55. The van der Waals surface area contributed by atoms with Crippen LogP contribution in [0.2, 0.25) is 0 Å². The second-order valence-electron chi connectivity index (χ2n) is 4.88. The summed E-state index contributed by atoms with van der Waals surface area (Å²) in [6, 6.07) is 15.3. The number of fused-ring (bicyclic) bond motifs is 1. The van der Waals surface area contributed by atoms with E-state index in [1.807, 2.05) is 49.4 Å². The summed E-state index contributed by atoms with van der Waals surface area (Å²) in [5.41, 5.74) is 9.60. The van der Waals surface area contributed by atoms with Gasteiger partial charge in [0.1, 0.15) is 5.58 Å². The number of aryl methyl sites for hydroxylation is 1. The summed E-state index contributed by atoms with van der Waals surface area (Å²) in [6.45, 7) is 2.02. The van der Waals surface area contributed by atoms with Crippen molar-refractivity contribution in [1.29, 1.82) is 0 Å². The van der Waals surface area contributed by atoms with Crippen LogP contribution < -0.4 is 11.4 Å². The van der Waals surface area contributed by atoms with Crippen LogP contribution in [0.5, 0.6) is 0 Å². The third kappa shape index (κ3) is 2.07. The van der Waals surface area contributed by atoms with E-state index in [9.17, 15) is 4.79 Å². The van der Waals surface area contributed by atoms with Crippen LogP contribution in [0.15, 0.2) is 57.7 Å². The minimum Gasteiger partial charge on any atom is -0.422 e. The molecule has 2 N–H and O–H groups in total. The number of nitrogen functional groups attached to an aromatic ring is 1. The number of hydrogen-bond acceptors (Lipinski definition) is 3. The van der Waals surface area contributed by atoms with Crippen molar-refractivity contribution in [2.24, 2.45) is 0 Å². The molecule has 0 aliphatic carbocycles. The Morgan fingerprint density at radius 1 is 1.05 bits per heavy atom. The predicted octanol–water partition coefficient (Wildman–Crippen LogP) is 3.27. The molecule has 0 aliphatic heterocycles. The molecule has 3 aromatic rings. The molecular weight excluding hydrogens is 250 g/mol. The van der Waals surface area contributed by atoms with Crippen LogP contribution in [0.1, 0.15) is 16.7 Å². The fourth-order valence-corrected chi connectivity index (χ4v) is 2.38. The Bertz CT molecular complexity index is 834. The van der Waals surface area contributed by atoms with Crippen molar-refractivity contribution in [3.05, 3.63) is 75.6 Å². The van der Waals surface area contributed by atoms with E-state index in [1.165, 1.54) is 0 Å². The highest BCUT2D eigenvalue weighted by Gasteiger charge is 2.13. The van der Waals surface area contributed by atoms with Gasteiger partial charge in [0.05, 0.1) is 11.3 Å². The van der Waals surface area contributed by atoms with Crippen LogP contribution in [0.3, 0.4) is 0 Å². The normalized spacial score (nSPS) is 10.8. The lowest BCUT2D eigenvalue weighted by Gasteiger charge is -2.09. The van der Waals surface area contributed by atoms with Gasteiger partial charge in [0.15, 0.2) is 0 Å². The molecule has 3 nitrogen and oxygen atoms in total. The van der Waals surface area contributed by atoms with E-state index in [-0.39, 0.29) is 5.63 Å². The molecule has 0 radical (unpaired) electrons. The van der Waals surface area contributed by atoms with Gasteiger partial charge in [-0.3, -0.25) is 0 Å². The van der Waals surface area contributed by atoms with E-state index < -0.39 is 0 Å². The maximum atomic E-state index is 12.1. The summed E-state index contributed by atoms with van der Waals surface area (Å²) in [7, 11) is 0. The lowest BCUT2D eigenvalue weighted by molar-refractivity contribution is 0.553. The molecule has 3 heteroatoms. The molecular formula is C17H15NO2. The minimum atomic E-state index is -0.357. The lowest BCUT2D eigenvalue weighted by Crippen LogP contribution is -2.12. The Balaban J connectivity index is 2.17. The van der Waals surface area contributed by atoms with Gasteiger partial charge in [-0.05, 0) is 30.2 Å². The van der Waals surface area contributed by atoms with Gasteiger partial charge in [0.2, 0.25) is 0 Å². The summed E-state index contributed by atoms with van der Waals surface area (Å²) in [5.74, 6) is 0. The second-order valence-corrected chi connectivity index (χ2v) is 4.88. The smallest absolute Gasteiger partial charge is 0.341 e. The molecule has 1 aromatic heterocycles. The molecule has 0 saturated heterocycles. The molecule has 0 aliphatic rings. The first-order valence-electron chi connectivity index (χ1n) is 6.51. The summed E-state index contributed by atoms with van der Waals surface area (Å²) in [6.07, 6.45) is 0.492. The van der Waals surface area contributed by atoms with Crippen LogP contribution in [-0.4, -0.2) is 0 Å². The van der Waals surface area contributed by atoms with Crippen molar-refractivity contribution in [3.63, 3.8) is 0 Å². The minimum absolute atomic E-state index is 0.357. The number of para-hydroxylation sites is 1. The van der Waals surface area contributed by atoms with Crippen LogP contribution in [0.4, 0.5) is 5.69 Å². The van der Waals surface area contributed by atoms with E-state index >= 15 is 0 Å². The van der Waals surface area contributed by atoms with Gasteiger partial charge in [-0.2, -0.15) is 0 Å². The highest BCUT2D eigenvalue weighted by atomic mass is 16.4. The molecule has 0 bridgehead atoms. The maximum absolute atomic E-state index is 12.1. The Morgan fingerprint density at radius 3 is 2.55 bits per heavy atom. The molecule has 0 spiro atoms. The van der Waals surface area contributed by atoms with Crippen LogP contribution in [0, 0.1) is 6.92 Å². The predicted molar refractivity (Wildman–Crippen MR) is 80.9 cm³/mol. The molecule has 20 heavy (non-hydrogen) atoms. The van der Waals surface area contributed by atoms with Gasteiger partial charge in [-0.15, -0.1) is 0 Å². The van der Waals surface area contributed by atoms with Crippen LogP contribution in [-0.2, 0) is 6.42 Å². The molecule has 0 saturated carbocycles. The van der Waals surface area contributed by atoms with E-state index in [0.29, 0.717) is 23.3 Å². The zero-order valence-electron chi connectivity index (χ0n) is 11.2. The maximum Gasteiger partial charge on any atom is 0.341 e. The molecule has 0 amide bonds. The van der Waals surface area contributed by atoms with E-state index in [0.717, 1.165) is 16.5 Å². The van der Waals surface area contributed by atoms with Crippen molar-refractivity contribution in [2.75, 3.05) is 5.73 Å². The van der Waals surface area contributed by atoms with E-state index in [4.69, 9.17) is 10.2 Å². The average molecular weight is 265 g/mol. The van der Waals surface area contributed by atoms with Crippen molar-refractivity contribution < 1.29 is 4.42 Å². The van der Waals surface area contributed by atoms with Crippen molar-refractivity contribution in [2.45, 2.75) is 13.3 Å². The quantitative estimate of drug-likeness (QED) is 0.723. The highest BCUT2D eigenvalue weighted by molar-refractivity contribution is 5.90. The first-order chi connectivity index (χ1) is 9.66. The van der Waals surface area contributed by atoms with Crippen molar-refractivity contribution >= 4 is 16.7 Å². The van der Waals surface area contributed by atoms with Gasteiger partial charge in [-0.1, -0.05) is 36.4 Å². The highest BCUT2D eigenvalue weighted by Crippen LogP contribution is 2.24. The molecule has 0 unspecified atom stereocenters. The van der Waals surface area contributed by atoms with Gasteiger partial charge >= 0.3 is 5.63 Å². The van der Waals surface area contributed by atoms with Gasteiger partial charge in [0.25, 0.3) is 0 Å². The number of anilines is 1. The SMILES string of the molecule is Cc1ccccc1Cc1c(N)c2ccccc2oc1=O. The van der Waals surface area contributed by atoms with Gasteiger partial charge < -0.3 is 10.2 Å². The summed E-state index contributed by atoms with van der Waals surface area (Å²) in [5, 5.41) is 0.788. The lowest BCUT2D eigenvalue weighted by atomic mass is 9.99. The second kappa shape index (κ2) is 4.85. The zero-order valence-corrected chi connectivity index (χ0v) is 11.2. The molecule has 2 aromatic carbocycles. The first kappa shape index (κ1) is 12.5. The monoisotopic (exact) mass is 265 g/mol. The third-order valence-electron chi connectivity index (χ3n) is 3.58. The Kier molecular flexibility index (Phi) is 3.03. The summed E-state index contributed by atoms with van der Waals surface area (Å²) in [4.78, 5) is 12.1. The number of nitrogens with two attached hydrogens (primary N) is 1. The van der Waals surface area contributed by atoms with E-state index in [1.54, 1.807) is 6.07 Å². The van der Waals surface area contributed by atoms with E-state index in [2.05, 4.69) is 0 Å². The fourth-order valence-electron chi connectivity index (χ4n) is 2.38. The average Bonchev–Trinajstić information content (AvgIpc) is 2.45. The fraction of sp³-hybridized carbons (Fsp3) is 0.118. The van der Waals surface area contributed by atoms with Crippen molar-refractivity contribution in [3.8, 4) is 0 Å². The number of rotatable bonds is 2. The molecule has 0 fully saturated rings. The van der Waals surface area contributed by atoms with Crippen molar-refractivity contribution in [1.82, 2.24) is 0 Å². The van der Waals surface area contributed by atoms with Gasteiger partial charge in [-0.25, -0.2) is 4.79 Å². The molecule has 3 rings (SSSR count). The Labute approximate surface area is 116 Å². The Morgan fingerprint density at radius 2 is 1.75 bits per heavy atom. The molecule has 0 atom stereocenters. The molecule has 1 heterocycles. The largest absolute Gasteiger partial charge is 0.422 e. The standard InChI is InChI=1S/C17H15NO2/c1-11-6-2-3-7-12(11)10-14-16(18)13-8-4-5-9-15(13)20-17(14)19/h2-9H,10,18H2,1H3. The number of benzene rings is 2. The summed E-state index contributed by atoms with van der Waals surface area (Å²) < 4.78 is 5.35. The summed E-state index contributed by atoms with van der Waals surface area (Å²) >= 11 is 0. The molecule has 100 valence electrons.